The summed E-state index contributed by atoms with van der Waals surface area (Å²) >= 11 is 3.42. The van der Waals surface area contributed by atoms with Gasteiger partial charge in [-0.1, -0.05) is 15.9 Å². The van der Waals surface area contributed by atoms with Crippen molar-refractivity contribution in [1.29, 1.82) is 0 Å². The maximum absolute atomic E-state index is 12.4. The Hall–Kier alpha value is -0.900. The molecule has 0 spiro atoms. The number of rotatable bonds is 5. The summed E-state index contributed by atoms with van der Waals surface area (Å²) in [7, 11) is 0. The van der Waals surface area contributed by atoms with Crippen LogP contribution in [0.25, 0.3) is 0 Å². The lowest BCUT2D eigenvalue weighted by molar-refractivity contribution is 0.0581. The molecule has 0 atom stereocenters. The highest BCUT2D eigenvalue weighted by atomic mass is 79.9. The number of pyridine rings is 1. The number of aromatic nitrogens is 1. The van der Waals surface area contributed by atoms with Crippen LogP contribution in [0, 0.1) is 0 Å². The van der Waals surface area contributed by atoms with Gasteiger partial charge in [-0.05, 0) is 37.8 Å². The summed E-state index contributed by atoms with van der Waals surface area (Å²) < 4.78 is 0. The number of carbonyl (C=O) groups is 1. The van der Waals surface area contributed by atoms with Gasteiger partial charge in [-0.3, -0.25) is 9.78 Å². The van der Waals surface area contributed by atoms with E-state index in [2.05, 4.69) is 20.9 Å². The first-order valence-electron chi connectivity index (χ1n) is 6.10. The number of halogens is 1. The van der Waals surface area contributed by atoms with E-state index in [4.69, 9.17) is 0 Å². The van der Waals surface area contributed by atoms with Crippen LogP contribution < -0.4 is 0 Å². The van der Waals surface area contributed by atoms with Crippen molar-refractivity contribution in [3.8, 4) is 0 Å². The van der Waals surface area contributed by atoms with Gasteiger partial charge >= 0.3 is 0 Å². The molecule has 1 aliphatic rings. The second-order valence-electron chi connectivity index (χ2n) is 4.37. The maximum atomic E-state index is 12.4. The molecular weight excluding hydrogens is 280 g/mol. The summed E-state index contributed by atoms with van der Waals surface area (Å²) in [6.07, 6.45) is 7.89. The lowest BCUT2D eigenvalue weighted by Crippen LogP contribution is -2.44. The molecule has 2 rings (SSSR count). The van der Waals surface area contributed by atoms with E-state index < -0.39 is 0 Å². The first-order chi connectivity index (χ1) is 8.33. The largest absolute Gasteiger partial charge is 0.336 e. The molecule has 1 amide bonds. The van der Waals surface area contributed by atoms with E-state index in [1.165, 1.54) is 6.42 Å². The molecule has 1 aromatic rings. The Morgan fingerprint density at radius 2 is 2.35 bits per heavy atom. The van der Waals surface area contributed by atoms with E-state index in [9.17, 15) is 4.79 Å². The Morgan fingerprint density at radius 3 is 2.88 bits per heavy atom. The molecule has 3 nitrogen and oxygen atoms in total. The zero-order valence-electron chi connectivity index (χ0n) is 9.81. The lowest BCUT2D eigenvalue weighted by atomic mass is 9.91. The molecule has 0 aromatic carbocycles. The van der Waals surface area contributed by atoms with Crippen LogP contribution in [-0.4, -0.2) is 33.7 Å². The molecule has 1 saturated carbocycles. The smallest absolute Gasteiger partial charge is 0.255 e. The maximum Gasteiger partial charge on any atom is 0.255 e. The molecule has 92 valence electrons. The number of carbonyl (C=O) groups excluding carboxylic acids is 1. The molecule has 0 aliphatic heterocycles. The van der Waals surface area contributed by atoms with Gasteiger partial charge < -0.3 is 4.90 Å². The highest BCUT2D eigenvalue weighted by Crippen LogP contribution is 2.26. The zero-order valence-corrected chi connectivity index (χ0v) is 11.4. The van der Waals surface area contributed by atoms with Crippen LogP contribution in [0.2, 0.25) is 0 Å². The van der Waals surface area contributed by atoms with Gasteiger partial charge in [0.15, 0.2) is 0 Å². The van der Waals surface area contributed by atoms with Gasteiger partial charge in [0, 0.05) is 30.3 Å². The van der Waals surface area contributed by atoms with E-state index in [0.717, 1.165) is 31.1 Å². The minimum Gasteiger partial charge on any atom is -0.336 e. The molecule has 0 N–H and O–H groups in total. The van der Waals surface area contributed by atoms with Gasteiger partial charge in [-0.15, -0.1) is 0 Å². The van der Waals surface area contributed by atoms with E-state index in [1.807, 2.05) is 17.0 Å². The van der Waals surface area contributed by atoms with E-state index in [-0.39, 0.29) is 5.91 Å². The van der Waals surface area contributed by atoms with Crippen LogP contribution in [0.1, 0.15) is 36.0 Å². The number of amides is 1. The average molecular weight is 297 g/mol. The fourth-order valence-corrected chi connectivity index (χ4v) is 2.28. The van der Waals surface area contributed by atoms with Gasteiger partial charge in [-0.25, -0.2) is 0 Å². The third kappa shape index (κ3) is 3.06. The molecule has 4 heteroatoms. The summed E-state index contributed by atoms with van der Waals surface area (Å²) in [5.74, 6) is 0.128. The zero-order chi connectivity index (χ0) is 12.1. The molecule has 0 bridgehead atoms. The molecule has 0 unspecified atom stereocenters. The van der Waals surface area contributed by atoms with Crippen molar-refractivity contribution in [2.45, 2.75) is 31.7 Å². The first-order valence-corrected chi connectivity index (χ1v) is 7.22. The van der Waals surface area contributed by atoms with Gasteiger partial charge in [0.25, 0.3) is 5.91 Å². The standard InChI is InChI=1S/C13H17BrN2O/c14-7-3-9-16(12-5-1-6-12)13(17)11-4-2-8-15-10-11/h2,4,8,10,12H,1,3,5-7,9H2. The monoisotopic (exact) mass is 296 g/mol. The van der Waals surface area contributed by atoms with Gasteiger partial charge in [0.1, 0.15) is 0 Å². The molecule has 17 heavy (non-hydrogen) atoms. The molecule has 1 aromatic heterocycles. The average Bonchev–Trinajstić information content (AvgIpc) is 2.32. The van der Waals surface area contributed by atoms with Crippen LogP contribution in [0.4, 0.5) is 0 Å². The summed E-state index contributed by atoms with van der Waals surface area (Å²) in [6, 6.07) is 4.10. The SMILES string of the molecule is O=C(c1cccnc1)N(CCCBr)C1CCC1. The van der Waals surface area contributed by atoms with Crippen LogP contribution in [-0.2, 0) is 0 Å². The quantitative estimate of drug-likeness (QED) is 0.783. The highest BCUT2D eigenvalue weighted by Gasteiger charge is 2.28. The van der Waals surface area contributed by atoms with E-state index in [1.54, 1.807) is 12.4 Å². The van der Waals surface area contributed by atoms with Crippen LogP contribution in [0.3, 0.4) is 0 Å². The number of hydrogen-bond donors (Lipinski definition) is 0. The second kappa shape index (κ2) is 6.15. The first kappa shape index (κ1) is 12.6. The number of alkyl halides is 1. The predicted octanol–water partition coefficient (Wildman–Crippen LogP) is 2.86. The van der Waals surface area contributed by atoms with Crippen molar-refractivity contribution in [3.05, 3.63) is 30.1 Å². The fourth-order valence-electron chi connectivity index (χ4n) is 2.03. The summed E-state index contributed by atoms with van der Waals surface area (Å²) in [4.78, 5) is 18.4. The Bertz CT molecular complexity index is 365. The Labute approximate surface area is 110 Å². The Kier molecular flexibility index (Phi) is 4.54. The Balaban J connectivity index is 2.06. The van der Waals surface area contributed by atoms with Crippen LogP contribution in [0.5, 0.6) is 0 Å². The molecule has 1 heterocycles. The molecule has 0 radical (unpaired) electrons. The lowest BCUT2D eigenvalue weighted by Gasteiger charge is -2.37. The second-order valence-corrected chi connectivity index (χ2v) is 5.16. The van der Waals surface area contributed by atoms with Crippen molar-refractivity contribution >= 4 is 21.8 Å². The third-order valence-electron chi connectivity index (χ3n) is 3.22. The van der Waals surface area contributed by atoms with Crippen molar-refractivity contribution in [2.75, 3.05) is 11.9 Å². The minimum atomic E-state index is 0.128. The van der Waals surface area contributed by atoms with Gasteiger partial charge in [0.2, 0.25) is 0 Å². The fraction of sp³-hybridized carbons (Fsp3) is 0.538. The number of nitrogens with zero attached hydrogens (tertiary/aromatic N) is 2. The highest BCUT2D eigenvalue weighted by molar-refractivity contribution is 9.09. The summed E-state index contributed by atoms with van der Waals surface area (Å²) in [6.45, 7) is 0.837. The van der Waals surface area contributed by atoms with Crippen molar-refractivity contribution in [1.82, 2.24) is 9.88 Å². The predicted molar refractivity (Wildman–Crippen MR) is 71.3 cm³/mol. The van der Waals surface area contributed by atoms with Crippen molar-refractivity contribution in [3.63, 3.8) is 0 Å². The molecular formula is C13H17BrN2O. The summed E-state index contributed by atoms with van der Waals surface area (Å²) in [5, 5.41) is 0.941. The summed E-state index contributed by atoms with van der Waals surface area (Å²) in [5.41, 5.74) is 0.703. The molecule has 1 fully saturated rings. The number of hydrogen-bond acceptors (Lipinski definition) is 2. The topological polar surface area (TPSA) is 33.2 Å². The minimum absolute atomic E-state index is 0.128. The van der Waals surface area contributed by atoms with Gasteiger partial charge in [0.05, 0.1) is 5.56 Å². The van der Waals surface area contributed by atoms with Crippen LogP contribution in [0.15, 0.2) is 24.5 Å². The van der Waals surface area contributed by atoms with Crippen LogP contribution >= 0.6 is 15.9 Å². The van der Waals surface area contributed by atoms with Crippen molar-refractivity contribution in [2.24, 2.45) is 0 Å². The van der Waals surface area contributed by atoms with E-state index in [0.29, 0.717) is 11.6 Å². The van der Waals surface area contributed by atoms with Crippen molar-refractivity contribution < 1.29 is 4.79 Å². The molecule has 0 saturated heterocycles. The van der Waals surface area contributed by atoms with E-state index >= 15 is 0 Å². The third-order valence-corrected chi connectivity index (χ3v) is 3.78. The normalized spacial score (nSPS) is 15.4. The molecule has 1 aliphatic carbocycles. The van der Waals surface area contributed by atoms with Gasteiger partial charge in [-0.2, -0.15) is 0 Å². The Morgan fingerprint density at radius 1 is 1.53 bits per heavy atom.